The third-order valence-corrected chi connectivity index (χ3v) is 8.98. The maximum Gasteiger partial charge on any atom is 0.254 e. The molecule has 192 valence electrons. The van der Waals surface area contributed by atoms with Crippen molar-refractivity contribution in [1.82, 2.24) is 19.0 Å². The van der Waals surface area contributed by atoms with E-state index >= 15 is 0 Å². The van der Waals surface area contributed by atoms with Gasteiger partial charge in [0.1, 0.15) is 11.3 Å². The van der Waals surface area contributed by atoms with Gasteiger partial charge in [0.15, 0.2) is 5.82 Å². The molecule has 7 nitrogen and oxygen atoms in total. The second-order valence-electron chi connectivity index (χ2n) is 11.5. The van der Waals surface area contributed by atoms with Gasteiger partial charge in [0, 0.05) is 48.7 Å². The lowest BCUT2D eigenvalue weighted by Crippen LogP contribution is -2.58. The van der Waals surface area contributed by atoms with Crippen molar-refractivity contribution in [2.45, 2.75) is 57.7 Å². The van der Waals surface area contributed by atoms with Gasteiger partial charge in [-0.05, 0) is 81.2 Å². The number of aromatic nitrogens is 3. The van der Waals surface area contributed by atoms with Gasteiger partial charge in [-0.1, -0.05) is 11.6 Å². The number of hydrogen-bond acceptors (Lipinski definition) is 4. The summed E-state index contributed by atoms with van der Waals surface area (Å²) in [6, 6.07) is 13.2. The maximum atomic E-state index is 13.7. The Balaban J connectivity index is 1.33. The fraction of sp³-hybridized carbons (Fsp3) is 0.467. The van der Waals surface area contributed by atoms with E-state index in [1.54, 1.807) is 7.11 Å². The van der Waals surface area contributed by atoms with Crippen molar-refractivity contribution in [3.05, 3.63) is 47.5 Å². The Morgan fingerprint density at radius 3 is 2.68 bits per heavy atom. The van der Waals surface area contributed by atoms with Crippen LogP contribution in [0.4, 0.5) is 0 Å². The predicted octanol–water partition coefficient (Wildman–Crippen LogP) is 4.87. The summed E-state index contributed by atoms with van der Waals surface area (Å²) >= 11 is 0. The minimum absolute atomic E-state index is 0.0623. The molecule has 0 unspecified atom stereocenters. The monoisotopic (exact) mass is 497 g/mol. The number of fused-ring (bicyclic) bond motifs is 5. The van der Waals surface area contributed by atoms with E-state index in [1.807, 2.05) is 24.1 Å². The Morgan fingerprint density at radius 2 is 1.97 bits per heavy atom. The Kier molecular flexibility index (Phi) is 5.15. The van der Waals surface area contributed by atoms with Crippen LogP contribution in [0, 0.1) is 18.8 Å². The number of hydrogen-bond donors (Lipinski definition) is 1. The highest BCUT2D eigenvalue weighted by atomic mass is 16.5. The van der Waals surface area contributed by atoms with Gasteiger partial charge in [0.2, 0.25) is 0 Å². The lowest BCUT2D eigenvalue weighted by Gasteiger charge is -2.48. The van der Waals surface area contributed by atoms with Crippen LogP contribution in [-0.4, -0.2) is 50.7 Å². The smallest absolute Gasteiger partial charge is 0.254 e. The minimum Gasteiger partial charge on any atom is -0.494 e. The molecule has 4 heterocycles. The molecule has 2 N–H and O–H groups in total. The molecule has 2 bridgehead atoms. The number of nitrogens with zero attached hydrogens (tertiary/aromatic N) is 4. The van der Waals surface area contributed by atoms with E-state index in [2.05, 4.69) is 40.3 Å². The topological polar surface area (TPSA) is 78.3 Å². The highest BCUT2D eigenvalue weighted by Crippen LogP contribution is 2.39. The third kappa shape index (κ3) is 3.66. The number of methoxy groups -OCH3 is 1. The Labute approximate surface area is 217 Å². The van der Waals surface area contributed by atoms with Crippen molar-refractivity contribution in [3.63, 3.8) is 0 Å². The zero-order chi connectivity index (χ0) is 25.4. The molecule has 4 aliphatic rings. The van der Waals surface area contributed by atoms with Gasteiger partial charge in [0.05, 0.1) is 18.3 Å². The fourth-order valence-corrected chi connectivity index (χ4v) is 6.72. The number of imidazole rings is 1. The third-order valence-electron chi connectivity index (χ3n) is 8.98. The first-order valence-corrected chi connectivity index (χ1v) is 13.6. The maximum absolute atomic E-state index is 13.7. The lowest BCUT2D eigenvalue weighted by atomic mass is 9.76. The van der Waals surface area contributed by atoms with Crippen molar-refractivity contribution in [1.29, 1.82) is 0 Å². The molecule has 0 radical (unpaired) electrons. The van der Waals surface area contributed by atoms with Crippen LogP contribution in [0.5, 0.6) is 5.75 Å². The van der Waals surface area contributed by atoms with E-state index in [0.29, 0.717) is 17.2 Å². The average molecular weight is 498 g/mol. The lowest BCUT2D eigenvalue weighted by molar-refractivity contribution is 0.0261. The number of ether oxygens (including phenoxy) is 1. The van der Waals surface area contributed by atoms with E-state index in [-0.39, 0.29) is 18.0 Å². The van der Waals surface area contributed by atoms with Crippen LogP contribution < -0.4 is 10.5 Å². The molecule has 37 heavy (non-hydrogen) atoms. The standard InChI is InChI=1S/C30H35N5O2/c1-17-4-9-25-20(10-17)12-26(35(25)15-18-5-6-18)29-32-24-11-21(13-27(37-3)28(24)33(29)2)30(36)34-16-19-7-8-22(34)14-23(19)31/h4,9-13,18-19,22-23H,5-8,14-16,31H2,1-3H3/t19-,22-,23+/m1/s1. The van der Waals surface area contributed by atoms with E-state index in [4.69, 9.17) is 15.5 Å². The van der Waals surface area contributed by atoms with Crippen molar-refractivity contribution < 1.29 is 9.53 Å². The van der Waals surface area contributed by atoms with Crippen LogP contribution in [0.25, 0.3) is 33.5 Å². The van der Waals surface area contributed by atoms with E-state index in [0.717, 1.165) is 60.8 Å². The van der Waals surface area contributed by atoms with Gasteiger partial charge < -0.3 is 24.5 Å². The van der Waals surface area contributed by atoms with Crippen molar-refractivity contribution in [2.75, 3.05) is 13.7 Å². The number of rotatable bonds is 5. The predicted molar refractivity (Wildman–Crippen MR) is 146 cm³/mol. The fourth-order valence-electron chi connectivity index (χ4n) is 6.72. The number of aryl methyl sites for hydroxylation is 2. The largest absolute Gasteiger partial charge is 0.494 e. The summed E-state index contributed by atoms with van der Waals surface area (Å²) < 4.78 is 10.4. The summed E-state index contributed by atoms with van der Waals surface area (Å²) in [6.45, 7) is 3.89. The van der Waals surface area contributed by atoms with Crippen LogP contribution in [0.1, 0.15) is 48.0 Å². The zero-order valence-corrected chi connectivity index (χ0v) is 21.9. The second-order valence-corrected chi connectivity index (χ2v) is 11.5. The van der Waals surface area contributed by atoms with Crippen LogP contribution in [-0.2, 0) is 13.6 Å². The van der Waals surface area contributed by atoms with Crippen molar-refractivity contribution in [3.8, 4) is 17.3 Å². The van der Waals surface area contributed by atoms with Crippen LogP contribution in [0.2, 0.25) is 0 Å². The molecule has 4 aromatic rings. The van der Waals surface area contributed by atoms with E-state index < -0.39 is 0 Å². The van der Waals surface area contributed by atoms with Gasteiger partial charge >= 0.3 is 0 Å². The van der Waals surface area contributed by atoms with Crippen LogP contribution >= 0.6 is 0 Å². The first-order valence-electron chi connectivity index (χ1n) is 13.6. The number of benzene rings is 2. The first-order chi connectivity index (χ1) is 17.9. The minimum atomic E-state index is 0.0623. The number of amides is 1. The first kappa shape index (κ1) is 22.8. The van der Waals surface area contributed by atoms with Crippen molar-refractivity contribution in [2.24, 2.45) is 24.6 Å². The highest BCUT2D eigenvalue weighted by Gasteiger charge is 2.41. The Morgan fingerprint density at radius 1 is 1.14 bits per heavy atom. The summed E-state index contributed by atoms with van der Waals surface area (Å²) in [5, 5.41) is 1.24. The average Bonchev–Trinajstić information content (AvgIpc) is 3.57. The Bertz CT molecular complexity index is 1540. The molecule has 1 amide bonds. The molecule has 4 fully saturated rings. The van der Waals surface area contributed by atoms with Gasteiger partial charge in [-0.3, -0.25) is 4.79 Å². The molecule has 2 aliphatic heterocycles. The molecule has 2 aliphatic carbocycles. The Hall–Kier alpha value is -3.32. The quantitative estimate of drug-likeness (QED) is 0.427. The van der Waals surface area contributed by atoms with E-state index in [1.165, 1.54) is 29.3 Å². The number of carbonyl (C=O) groups excluding carboxylic acids is 1. The molecule has 0 spiro atoms. The molecule has 7 heteroatoms. The molecule has 2 aromatic carbocycles. The second kappa shape index (κ2) is 8.35. The van der Waals surface area contributed by atoms with Gasteiger partial charge in [-0.15, -0.1) is 0 Å². The SMILES string of the molecule is COc1cc(C(=O)N2C[C@H]3CC[C@@H]2C[C@@H]3N)cc2nc(-c3cc4cc(C)ccc4n3CC3CC3)n(C)c12. The molecular formula is C30H35N5O2. The summed E-state index contributed by atoms with van der Waals surface area (Å²) in [5.74, 6) is 2.78. The summed E-state index contributed by atoms with van der Waals surface area (Å²) in [5.41, 5.74) is 12.3. The molecule has 3 atom stereocenters. The number of piperidine rings is 2. The number of nitrogens with two attached hydrogens (primary N) is 1. The van der Waals surface area contributed by atoms with Gasteiger partial charge in [-0.2, -0.15) is 0 Å². The van der Waals surface area contributed by atoms with Crippen LogP contribution in [0.15, 0.2) is 36.4 Å². The molecule has 2 aromatic heterocycles. The zero-order valence-electron chi connectivity index (χ0n) is 21.9. The van der Waals surface area contributed by atoms with Crippen molar-refractivity contribution >= 4 is 27.8 Å². The normalized spacial score (nSPS) is 23.4. The number of carbonyl (C=O) groups is 1. The summed E-state index contributed by atoms with van der Waals surface area (Å²) in [4.78, 5) is 20.8. The van der Waals surface area contributed by atoms with E-state index in [9.17, 15) is 4.79 Å². The summed E-state index contributed by atoms with van der Waals surface area (Å²) in [7, 11) is 3.72. The van der Waals surface area contributed by atoms with Gasteiger partial charge in [0.25, 0.3) is 5.91 Å². The molecule has 2 saturated heterocycles. The molecule has 8 rings (SSSR count). The van der Waals surface area contributed by atoms with Crippen LogP contribution in [0.3, 0.4) is 0 Å². The summed E-state index contributed by atoms with van der Waals surface area (Å²) in [6.07, 6.45) is 5.64. The molecule has 2 saturated carbocycles. The molecular weight excluding hydrogens is 462 g/mol. The van der Waals surface area contributed by atoms with Gasteiger partial charge in [-0.25, -0.2) is 4.98 Å². The highest BCUT2D eigenvalue weighted by molar-refractivity contribution is 6.00.